The van der Waals surface area contributed by atoms with Crippen LogP contribution in [0.25, 0.3) is 0 Å². The summed E-state index contributed by atoms with van der Waals surface area (Å²) >= 11 is 3.67. The summed E-state index contributed by atoms with van der Waals surface area (Å²) in [6.45, 7) is 5.93. The SMILES string of the molecule is CCN(CC)c1ccc(NC(=O)C2N(CCO)C(=O)[C@@H]3[C@@H](C(=O)NCc4ccccc4)[C@@H]4OC23CC4Br)cc1. The van der Waals surface area contributed by atoms with E-state index in [-0.39, 0.29) is 35.7 Å². The Morgan fingerprint density at radius 3 is 2.44 bits per heavy atom. The van der Waals surface area contributed by atoms with Gasteiger partial charge in [0.05, 0.1) is 24.5 Å². The van der Waals surface area contributed by atoms with Crippen LogP contribution in [0.3, 0.4) is 0 Å². The Hall–Kier alpha value is -2.95. The van der Waals surface area contributed by atoms with Gasteiger partial charge in [0.1, 0.15) is 11.6 Å². The summed E-state index contributed by atoms with van der Waals surface area (Å²) in [6.07, 6.45) is -0.119. The van der Waals surface area contributed by atoms with E-state index in [4.69, 9.17) is 4.74 Å². The second kappa shape index (κ2) is 11.3. The predicted molar refractivity (Wildman–Crippen MR) is 151 cm³/mol. The van der Waals surface area contributed by atoms with E-state index in [1.54, 1.807) is 0 Å². The minimum absolute atomic E-state index is 0.0185. The number of halogens is 1. The van der Waals surface area contributed by atoms with Gasteiger partial charge in [0.2, 0.25) is 17.7 Å². The fraction of sp³-hybridized carbons (Fsp3) is 0.483. The zero-order chi connectivity index (χ0) is 27.7. The molecule has 2 aromatic carbocycles. The first-order valence-corrected chi connectivity index (χ1v) is 14.5. The number of fused-ring (bicyclic) bond motifs is 1. The summed E-state index contributed by atoms with van der Waals surface area (Å²) in [5.41, 5.74) is 1.44. The lowest BCUT2D eigenvalue weighted by Gasteiger charge is -2.34. The van der Waals surface area contributed by atoms with Crippen molar-refractivity contribution in [3.05, 3.63) is 60.2 Å². The number of amides is 3. The Bertz CT molecular complexity index is 1210. The van der Waals surface area contributed by atoms with E-state index < -0.39 is 29.6 Å². The largest absolute Gasteiger partial charge is 0.395 e. The van der Waals surface area contributed by atoms with Crippen LogP contribution in [0.5, 0.6) is 0 Å². The highest BCUT2D eigenvalue weighted by atomic mass is 79.9. The molecule has 9 nitrogen and oxygen atoms in total. The smallest absolute Gasteiger partial charge is 0.250 e. The number of anilines is 2. The Morgan fingerprint density at radius 2 is 1.79 bits per heavy atom. The maximum atomic E-state index is 13.8. The molecule has 208 valence electrons. The third-order valence-electron chi connectivity index (χ3n) is 8.25. The van der Waals surface area contributed by atoms with E-state index in [0.717, 1.165) is 24.3 Å². The molecule has 5 rings (SSSR count). The highest BCUT2D eigenvalue weighted by Crippen LogP contribution is 2.60. The molecule has 1 spiro atoms. The molecule has 0 radical (unpaired) electrons. The lowest BCUT2D eigenvalue weighted by atomic mass is 9.70. The summed E-state index contributed by atoms with van der Waals surface area (Å²) in [7, 11) is 0. The molecule has 2 aromatic rings. The number of nitrogens with zero attached hydrogens (tertiary/aromatic N) is 2. The lowest BCUT2D eigenvalue weighted by Crippen LogP contribution is -2.54. The number of hydrogen-bond donors (Lipinski definition) is 3. The molecule has 0 aliphatic carbocycles. The van der Waals surface area contributed by atoms with Crippen LogP contribution in [0, 0.1) is 11.8 Å². The van der Waals surface area contributed by atoms with Crippen LogP contribution in [0.15, 0.2) is 54.6 Å². The number of carbonyl (C=O) groups is 3. The average molecular weight is 600 g/mol. The molecule has 3 saturated heterocycles. The molecule has 6 atom stereocenters. The highest BCUT2D eigenvalue weighted by molar-refractivity contribution is 9.09. The minimum atomic E-state index is -1.16. The third kappa shape index (κ3) is 4.83. The quantitative estimate of drug-likeness (QED) is 0.362. The van der Waals surface area contributed by atoms with Crippen molar-refractivity contribution in [2.24, 2.45) is 11.8 Å². The number of rotatable bonds is 10. The molecule has 3 amide bonds. The monoisotopic (exact) mass is 598 g/mol. The van der Waals surface area contributed by atoms with Gasteiger partial charge < -0.3 is 30.3 Å². The molecule has 3 heterocycles. The molecule has 3 aliphatic heterocycles. The van der Waals surface area contributed by atoms with E-state index in [0.29, 0.717) is 18.7 Å². The standard InChI is InChI=1S/C29H35BrN4O5/c1-3-33(4-2)20-12-10-19(11-13-20)32-27(37)25-29-16-21(30)24(39-29)22(23(29)28(38)34(25)14-15-35)26(36)31-17-18-8-6-5-7-9-18/h5-13,21-25,35H,3-4,14-17H2,1-2H3,(H,31,36)(H,32,37)/t21?,22-,23+,24-,25?,29?/m1/s1. The van der Waals surface area contributed by atoms with Gasteiger partial charge in [-0.05, 0) is 50.1 Å². The van der Waals surface area contributed by atoms with Gasteiger partial charge in [-0.15, -0.1) is 0 Å². The highest BCUT2D eigenvalue weighted by Gasteiger charge is 2.76. The van der Waals surface area contributed by atoms with Crippen molar-refractivity contribution in [1.29, 1.82) is 0 Å². The molecule has 0 saturated carbocycles. The van der Waals surface area contributed by atoms with Crippen molar-refractivity contribution < 1.29 is 24.2 Å². The average Bonchev–Trinajstić information content (AvgIpc) is 3.53. The van der Waals surface area contributed by atoms with Crippen molar-refractivity contribution in [2.75, 3.05) is 36.5 Å². The van der Waals surface area contributed by atoms with Crippen molar-refractivity contribution in [1.82, 2.24) is 10.2 Å². The van der Waals surface area contributed by atoms with Gasteiger partial charge in [-0.25, -0.2) is 0 Å². The first-order chi connectivity index (χ1) is 18.8. The third-order valence-corrected chi connectivity index (χ3v) is 9.10. The lowest BCUT2D eigenvalue weighted by molar-refractivity contribution is -0.141. The zero-order valence-electron chi connectivity index (χ0n) is 22.2. The second-order valence-corrected chi connectivity index (χ2v) is 11.5. The number of alkyl halides is 1. The van der Waals surface area contributed by atoms with E-state index in [1.165, 1.54) is 4.90 Å². The Labute approximate surface area is 237 Å². The first kappa shape index (κ1) is 27.6. The van der Waals surface area contributed by atoms with Crippen LogP contribution in [-0.2, 0) is 25.7 Å². The number of aliphatic hydroxyl groups excluding tert-OH is 1. The number of benzene rings is 2. The molecule has 39 heavy (non-hydrogen) atoms. The molecule has 0 aromatic heterocycles. The molecular formula is C29H35BrN4O5. The molecule has 3 aliphatic rings. The fourth-order valence-corrected chi connectivity index (χ4v) is 7.48. The van der Waals surface area contributed by atoms with Gasteiger partial charge >= 0.3 is 0 Å². The van der Waals surface area contributed by atoms with Gasteiger partial charge in [-0.3, -0.25) is 14.4 Å². The molecule has 3 N–H and O–H groups in total. The number of β-amino-alcohol motifs (C(OH)–C–C–N with tert-alkyl or cyclic N) is 1. The Balaban J connectivity index is 1.39. The topological polar surface area (TPSA) is 111 Å². The molecule has 2 bridgehead atoms. The fourth-order valence-electron chi connectivity index (χ4n) is 6.54. The van der Waals surface area contributed by atoms with Gasteiger partial charge in [0.15, 0.2) is 0 Å². The number of likely N-dealkylation sites (tertiary alicyclic amines) is 1. The predicted octanol–water partition coefficient (Wildman–Crippen LogP) is 2.53. The minimum Gasteiger partial charge on any atom is -0.395 e. The van der Waals surface area contributed by atoms with Crippen LogP contribution in [0.4, 0.5) is 11.4 Å². The van der Waals surface area contributed by atoms with Crippen molar-refractivity contribution in [3.8, 4) is 0 Å². The number of ether oxygens (including phenoxy) is 1. The summed E-state index contributed by atoms with van der Waals surface area (Å²) in [5.74, 6) is -2.54. The Morgan fingerprint density at radius 1 is 1.10 bits per heavy atom. The number of aliphatic hydroxyl groups is 1. The van der Waals surface area contributed by atoms with E-state index in [9.17, 15) is 19.5 Å². The van der Waals surface area contributed by atoms with Crippen molar-refractivity contribution in [3.63, 3.8) is 0 Å². The van der Waals surface area contributed by atoms with Gasteiger partial charge in [0, 0.05) is 42.4 Å². The summed E-state index contributed by atoms with van der Waals surface area (Å²) in [5, 5.41) is 15.7. The van der Waals surface area contributed by atoms with Crippen LogP contribution >= 0.6 is 15.9 Å². The summed E-state index contributed by atoms with van der Waals surface area (Å²) in [4.78, 5) is 44.4. The van der Waals surface area contributed by atoms with Gasteiger partial charge in [-0.2, -0.15) is 0 Å². The van der Waals surface area contributed by atoms with Crippen LogP contribution in [-0.4, -0.2) is 76.5 Å². The van der Waals surface area contributed by atoms with Crippen LogP contribution in [0.1, 0.15) is 25.8 Å². The van der Waals surface area contributed by atoms with Crippen LogP contribution in [0.2, 0.25) is 0 Å². The molecular weight excluding hydrogens is 564 g/mol. The normalized spacial score (nSPS) is 28.9. The van der Waals surface area contributed by atoms with E-state index >= 15 is 0 Å². The summed E-state index contributed by atoms with van der Waals surface area (Å²) < 4.78 is 6.46. The molecule has 10 heteroatoms. The number of nitrogens with one attached hydrogen (secondary N) is 2. The maximum Gasteiger partial charge on any atom is 0.250 e. The van der Waals surface area contributed by atoms with E-state index in [2.05, 4.69) is 45.3 Å². The number of carbonyl (C=O) groups excluding carboxylic acids is 3. The van der Waals surface area contributed by atoms with Crippen LogP contribution < -0.4 is 15.5 Å². The first-order valence-electron chi connectivity index (χ1n) is 13.5. The zero-order valence-corrected chi connectivity index (χ0v) is 23.8. The van der Waals surface area contributed by atoms with Crippen molar-refractivity contribution >= 4 is 45.0 Å². The van der Waals surface area contributed by atoms with Gasteiger partial charge in [0.25, 0.3) is 0 Å². The summed E-state index contributed by atoms with van der Waals surface area (Å²) in [6, 6.07) is 16.2. The van der Waals surface area contributed by atoms with Crippen molar-refractivity contribution in [2.45, 2.75) is 49.4 Å². The van der Waals surface area contributed by atoms with E-state index in [1.807, 2.05) is 54.6 Å². The Kier molecular flexibility index (Phi) is 7.98. The van der Waals surface area contributed by atoms with Gasteiger partial charge in [-0.1, -0.05) is 46.3 Å². The maximum absolute atomic E-state index is 13.8. The molecule has 3 unspecified atom stereocenters. The second-order valence-electron chi connectivity index (χ2n) is 10.3. The molecule has 3 fully saturated rings. The number of hydrogen-bond acceptors (Lipinski definition) is 6.